The van der Waals surface area contributed by atoms with Crippen molar-refractivity contribution in [1.29, 1.82) is 0 Å². The Bertz CT molecular complexity index is 1370. The fourth-order valence-electron chi connectivity index (χ4n) is 3.77. The minimum atomic E-state index is -0.638. The molecule has 2 aliphatic rings. The van der Waals surface area contributed by atoms with E-state index in [9.17, 15) is 19.2 Å². The summed E-state index contributed by atoms with van der Waals surface area (Å²) in [5.74, 6) is -0.240. The number of anilines is 2. The summed E-state index contributed by atoms with van der Waals surface area (Å²) in [6.45, 7) is 2.10. The Labute approximate surface area is 188 Å². The molecule has 0 atom stereocenters. The smallest absolute Gasteiger partial charge is 0.329 e. The van der Waals surface area contributed by atoms with Crippen molar-refractivity contribution in [3.05, 3.63) is 62.4 Å². The number of hydrogen-bond acceptors (Lipinski definition) is 5. The van der Waals surface area contributed by atoms with Crippen molar-refractivity contribution >= 4 is 34.3 Å². The number of rotatable bonds is 6. The van der Waals surface area contributed by atoms with E-state index < -0.39 is 17.2 Å². The van der Waals surface area contributed by atoms with Crippen LogP contribution in [0.5, 0.6) is 0 Å². The monoisotopic (exact) mass is 448 g/mol. The summed E-state index contributed by atoms with van der Waals surface area (Å²) in [7, 11) is 0. The topological polar surface area (TPSA) is 138 Å². The molecular weight excluding hydrogens is 424 g/mol. The second-order valence-corrected chi connectivity index (χ2v) is 8.48. The van der Waals surface area contributed by atoms with Crippen LogP contribution in [0.4, 0.5) is 16.2 Å². The van der Waals surface area contributed by atoms with Crippen LogP contribution in [0.2, 0.25) is 0 Å². The maximum atomic E-state index is 13.2. The van der Waals surface area contributed by atoms with Crippen LogP contribution in [0.1, 0.15) is 54.6 Å². The van der Waals surface area contributed by atoms with Crippen LogP contribution >= 0.6 is 0 Å². The van der Waals surface area contributed by atoms with E-state index in [-0.39, 0.29) is 34.6 Å². The molecule has 3 aromatic rings. The van der Waals surface area contributed by atoms with Gasteiger partial charge in [-0.3, -0.25) is 19.1 Å². The molecule has 3 amide bonds. The SMILES string of the molecule is CCn1c(=O)[nH]c(=O)c2c(C(=O)Nc3ccc(NC(=O)NC4CC4)cc3)cc(C3CC3)nc21. The summed E-state index contributed by atoms with van der Waals surface area (Å²) < 4.78 is 1.37. The zero-order chi connectivity index (χ0) is 23.1. The van der Waals surface area contributed by atoms with Gasteiger partial charge in [0.2, 0.25) is 0 Å². The number of nitrogens with zero attached hydrogens (tertiary/aromatic N) is 2. The van der Waals surface area contributed by atoms with Gasteiger partial charge < -0.3 is 16.0 Å². The number of H-pyrrole nitrogens is 1. The highest BCUT2D eigenvalue weighted by molar-refractivity contribution is 6.12. The molecule has 10 heteroatoms. The number of fused-ring (bicyclic) bond motifs is 1. The van der Waals surface area contributed by atoms with Crippen LogP contribution in [-0.4, -0.2) is 32.5 Å². The maximum absolute atomic E-state index is 13.2. The standard InChI is InChI=1S/C23H24N6O4/c1-2-29-19-18(21(31)28-23(29)33)16(11-17(27-19)12-3-4-12)20(30)24-13-5-7-14(8-6-13)25-22(32)26-15-9-10-15/h5-8,11-12,15H,2-4,9-10H2,1H3,(H,24,30)(H2,25,26,32)(H,28,31,33). The first-order valence-electron chi connectivity index (χ1n) is 11.1. The van der Waals surface area contributed by atoms with Gasteiger partial charge in [-0.1, -0.05) is 0 Å². The molecule has 0 radical (unpaired) electrons. The van der Waals surface area contributed by atoms with Gasteiger partial charge in [0.25, 0.3) is 11.5 Å². The van der Waals surface area contributed by atoms with Crippen LogP contribution in [0.15, 0.2) is 39.9 Å². The first kappa shape index (κ1) is 20.9. The average Bonchev–Trinajstić information content (AvgIpc) is 3.69. The van der Waals surface area contributed by atoms with Gasteiger partial charge in [-0.05, 0) is 62.9 Å². The zero-order valence-electron chi connectivity index (χ0n) is 18.1. The zero-order valence-corrected chi connectivity index (χ0v) is 18.1. The number of aromatic amines is 1. The maximum Gasteiger partial charge on any atom is 0.329 e. The number of carbonyl (C=O) groups excluding carboxylic acids is 2. The Hall–Kier alpha value is -3.95. The molecule has 2 aliphatic carbocycles. The third-order valence-corrected chi connectivity index (χ3v) is 5.84. The predicted molar refractivity (Wildman–Crippen MR) is 124 cm³/mol. The summed E-state index contributed by atoms with van der Waals surface area (Å²) in [6, 6.07) is 8.35. The Balaban J connectivity index is 1.43. The Morgan fingerprint density at radius 1 is 1.06 bits per heavy atom. The van der Waals surface area contributed by atoms with Crippen molar-refractivity contribution in [2.24, 2.45) is 0 Å². The minimum Gasteiger partial charge on any atom is -0.335 e. The molecule has 2 saturated carbocycles. The molecule has 1 aromatic carbocycles. The van der Waals surface area contributed by atoms with Gasteiger partial charge in [-0.15, -0.1) is 0 Å². The van der Waals surface area contributed by atoms with E-state index >= 15 is 0 Å². The second kappa shape index (κ2) is 8.19. The molecule has 4 N–H and O–H groups in total. The largest absolute Gasteiger partial charge is 0.335 e. The Morgan fingerprint density at radius 3 is 2.33 bits per heavy atom. The number of aromatic nitrogens is 3. The normalized spacial score (nSPS) is 15.3. The number of urea groups is 1. The first-order valence-corrected chi connectivity index (χ1v) is 11.1. The lowest BCUT2D eigenvalue weighted by molar-refractivity contribution is 0.102. The van der Waals surface area contributed by atoms with Crippen LogP contribution in [0, 0.1) is 0 Å². The van der Waals surface area contributed by atoms with E-state index in [2.05, 4.69) is 25.9 Å². The lowest BCUT2D eigenvalue weighted by atomic mass is 10.1. The molecular formula is C23H24N6O4. The fraction of sp³-hybridized carbons (Fsp3) is 0.348. The highest BCUT2D eigenvalue weighted by Crippen LogP contribution is 2.40. The summed E-state index contributed by atoms with van der Waals surface area (Å²) >= 11 is 0. The summed E-state index contributed by atoms with van der Waals surface area (Å²) in [4.78, 5) is 56.8. The average molecular weight is 448 g/mol. The lowest BCUT2D eigenvalue weighted by Gasteiger charge is -2.13. The molecule has 0 aliphatic heterocycles. The quantitative estimate of drug-likeness (QED) is 0.459. The van der Waals surface area contributed by atoms with Gasteiger partial charge in [0.15, 0.2) is 5.65 Å². The molecule has 0 bridgehead atoms. The van der Waals surface area contributed by atoms with Gasteiger partial charge in [-0.2, -0.15) is 0 Å². The van der Waals surface area contributed by atoms with Crippen LogP contribution in [0.25, 0.3) is 11.0 Å². The number of hydrogen-bond donors (Lipinski definition) is 4. The van der Waals surface area contributed by atoms with E-state index in [1.807, 2.05) is 0 Å². The van der Waals surface area contributed by atoms with Crippen molar-refractivity contribution in [2.45, 2.75) is 51.1 Å². The highest BCUT2D eigenvalue weighted by Gasteiger charge is 2.28. The van der Waals surface area contributed by atoms with Crippen molar-refractivity contribution in [3.63, 3.8) is 0 Å². The number of carbonyl (C=O) groups is 2. The summed E-state index contributed by atoms with van der Waals surface area (Å²) in [6.07, 6.45) is 3.92. The number of benzene rings is 1. The van der Waals surface area contributed by atoms with Crippen LogP contribution in [-0.2, 0) is 6.54 Å². The van der Waals surface area contributed by atoms with Crippen LogP contribution < -0.4 is 27.2 Å². The van der Waals surface area contributed by atoms with Crippen molar-refractivity contribution < 1.29 is 9.59 Å². The van der Waals surface area contributed by atoms with Crippen molar-refractivity contribution in [1.82, 2.24) is 19.9 Å². The number of nitrogens with one attached hydrogen (secondary N) is 4. The van der Waals surface area contributed by atoms with E-state index in [0.29, 0.717) is 23.6 Å². The van der Waals surface area contributed by atoms with E-state index in [4.69, 9.17) is 0 Å². The fourth-order valence-corrected chi connectivity index (χ4v) is 3.77. The van der Waals surface area contributed by atoms with Crippen molar-refractivity contribution in [2.75, 3.05) is 10.6 Å². The molecule has 2 fully saturated rings. The van der Waals surface area contributed by atoms with E-state index in [1.54, 1.807) is 37.3 Å². The van der Waals surface area contributed by atoms with Gasteiger partial charge in [0.05, 0.1) is 10.9 Å². The number of pyridine rings is 1. The number of amides is 3. The molecule has 5 rings (SSSR count). The van der Waals surface area contributed by atoms with Crippen molar-refractivity contribution in [3.8, 4) is 0 Å². The highest BCUT2D eigenvalue weighted by atomic mass is 16.2. The molecule has 33 heavy (non-hydrogen) atoms. The van der Waals surface area contributed by atoms with E-state index in [1.165, 1.54) is 4.57 Å². The summed E-state index contributed by atoms with van der Waals surface area (Å²) in [5.41, 5.74) is 1.03. The van der Waals surface area contributed by atoms with Gasteiger partial charge in [0, 0.05) is 35.6 Å². The predicted octanol–water partition coefficient (Wildman–Crippen LogP) is 2.52. The third kappa shape index (κ3) is 4.36. The molecule has 0 spiro atoms. The molecule has 2 aromatic heterocycles. The molecule has 10 nitrogen and oxygen atoms in total. The molecule has 0 saturated heterocycles. The van der Waals surface area contributed by atoms with E-state index in [0.717, 1.165) is 25.7 Å². The summed E-state index contributed by atoms with van der Waals surface area (Å²) in [5, 5.41) is 8.49. The molecule has 2 heterocycles. The third-order valence-electron chi connectivity index (χ3n) is 5.84. The molecule has 170 valence electrons. The Morgan fingerprint density at radius 2 is 1.73 bits per heavy atom. The molecule has 0 unspecified atom stereocenters. The van der Waals surface area contributed by atoms with Gasteiger partial charge in [0.1, 0.15) is 0 Å². The first-order chi connectivity index (χ1) is 15.9. The minimum absolute atomic E-state index is 0.0911. The number of aryl methyl sites for hydroxylation is 1. The van der Waals surface area contributed by atoms with Crippen LogP contribution in [0.3, 0.4) is 0 Å². The second-order valence-electron chi connectivity index (χ2n) is 8.48. The Kier molecular flexibility index (Phi) is 5.20. The van der Waals surface area contributed by atoms with Gasteiger partial charge >= 0.3 is 11.7 Å². The van der Waals surface area contributed by atoms with Gasteiger partial charge in [-0.25, -0.2) is 14.6 Å². The lowest BCUT2D eigenvalue weighted by Crippen LogP contribution is -2.32.